The standard InChI is InChI=1S/C8H9BrN2O2/c1-6-4-8(11(12)13)5-7(10-6)2-3-9/h4-5H,2-3H2,1H3. The van der Waals surface area contributed by atoms with E-state index in [-0.39, 0.29) is 5.69 Å². The summed E-state index contributed by atoms with van der Waals surface area (Å²) in [5, 5.41) is 11.2. The maximum Gasteiger partial charge on any atom is 0.273 e. The van der Waals surface area contributed by atoms with Crippen molar-refractivity contribution in [2.24, 2.45) is 0 Å². The zero-order chi connectivity index (χ0) is 9.84. The quantitative estimate of drug-likeness (QED) is 0.466. The molecule has 0 fully saturated rings. The van der Waals surface area contributed by atoms with Crippen LogP contribution in [0.15, 0.2) is 12.1 Å². The first-order valence-electron chi connectivity index (χ1n) is 3.81. The van der Waals surface area contributed by atoms with Crippen molar-refractivity contribution in [1.29, 1.82) is 0 Å². The molecular weight excluding hydrogens is 236 g/mol. The van der Waals surface area contributed by atoms with Gasteiger partial charge in [-0.2, -0.15) is 0 Å². The molecule has 1 aromatic heterocycles. The Morgan fingerprint density at radius 3 is 2.85 bits per heavy atom. The second-order valence-corrected chi connectivity index (χ2v) is 3.45. The normalized spacial score (nSPS) is 10.0. The Bertz CT molecular complexity index is 328. The molecule has 0 radical (unpaired) electrons. The van der Waals surface area contributed by atoms with E-state index >= 15 is 0 Å². The fourth-order valence-corrected chi connectivity index (χ4v) is 1.45. The third-order valence-electron chi connectivity index (χ3n) is 1.55. The largest absolute Gasteiger partial charge is 0.273 e. The number of aromatic nitrogens is 1. The van der Waals surface area contributed by atoms with Crippen LogP contribution in [0, 0.1) is 17.0 Å². The minimum absolute atomic E-state index is 0.114. The molecule has 13 heavy (non-hydrogen) atoms. The van der Waals surface area contributed by atoms with Gasteiger partial charge in [0.05, 0.1) is 4.92 Å². The molecule has 0 aromatic carbocycles. The molecule has 0 amide bonds. The maximum absolute atomic E-state index is 10.5. The van der Waals surface area contributed by atoms with Gasteiger partial charge in [0, 0.05) is 28.9 Å². The summed E-state index contributed by atoms with van der Waals surface area (Å²) < 4.78 is 0. The van der Waals surface area contributed by atoms with Crippen molar-refractivity contribution in [1.82, 2.24) is 4.98 Å². The molecule has 70 valence electrons. The number of hydrogen-bond acceptors (Lipinski definition) is 3. The summed E-state index contributed by atoms with van der Waals surface area (Å²) in [5.41, 5.74) is 1.55. The highest BCUT2D eigenvalue weighted by molar-refractivity contribution is 9.09. The second kappa shape index (κ2) is 4.32. The van der Waals surface area contributed by atoms with Gasteiger partial charge in [0.15, 0.2) is 0 Å². The Morgan fingerprint density at radius 2 is 2.31 bits per heavy atom. The van der Waals surface area contributed by atoms with Crippen molar-refractivity contribution in [3.63, 3.8) is 0 Å². The Kier molecular flexibility index (Phi) is 3.36. The van der Waals surface area contributed by atoms with Gasteiger partial charge in [-0.05, 0) is 13.3 Å². The van der Waals surface area contributed by atoms with E-state index in [0.717, 1.165) is 11.0 Å². The Morgan fingerprint density at radius 1 is 1.62 bits per heavy atom. The van der Waals surface area contributed by atoms with Crippen molar-refractivity contribution in [3.8, 4) is 0 Å². The van der Waals surface area contributed by atoms with Crippen LogP contribution in [0.4, 0.5) is 5.69 Å². The summed E-state index contributed by atoms with van der Waals surface area (Å²) in [7, 11) is 0. The molecule has 4 nitrogen and oxygen atoms in total. The number of nitrogens with zero attached hydrogens (tertiary/aromatic N) is 2. The van der Waals surface area contributed by atoms with Gasteiger partial charge < -0.3 is 0 Å². The van der Waals surface area contributed by atoms with Crippen LogP contribution in [-0.4, -0.2) is 15.2 Å². The van der Waals surface area contributed by atoms with E-state index in [1.165, 1.54) is 12.1 Å². The maximum atomic E-state index is 10.5. The smallest absolute Gasteiger partial charge is 0.258 e. The molecule has 1 heterocycles. The van der Waals surface area contributed by atoms with Gasteiger partial charge in [-0.25, -0.2) is 0 Å². The van der Waals surface area contributed by atoms with Crippen molar-refractivity contribution in [2.75, 3.05) is 5.33 Å². The van der Waals surface area contributed by atoms with E-state index in [4.69, 9.17) is 0 Å². The van der Waals surface area contributed by atoms with E-state index in [2.05, 4.69) is 20.9 Å². The molecule has 0 saturated carbocycles. The first kappa shape index (κ1) is 10.1. The van der Waals surface area contributed by atoms with Crippen molar-refractivity contribution in [3.05, 3.63) is 33.6 Å². The molecular formula is C8H9BrN2O2. The third-order valence-corrected chi connectivity index (χ3v) is 1.95. The van der Waals surface area contributed by atoms with Gasteiger partial charge in [-0.1, -0.05) is 15.9 Å². The van der Waals surface area contributed by atoms with E-state index in [9.17, 15) is 10.1 Å². The number of hydrogen-bond donors (Lipinski definition) is 0. The van der Waals surface area contributed by atoms with Crippen LogP contribution in [0.5, 0.6) is 0 Å². The van der Waals surface area contributed by atoms with Gasteiger partial charge >= 0.3 is 0 Å². The van der Waals surface area contributed by atoms with Crippen molar-refractivity contribution >= 4 is 21.6 Å². The number of alkyl halides is 1. The van der Waals surface area contributed by atoms with Gasteiger partial charge in [0.25, 0.3) is 5.69 Å². The van der Waals surface area contributed by atoms with Crippen molar-refractivity contribution in [2.45, 2.75) is 13.3 Å². The fraction of sp³-hybridized carbons (Fsp3) is 0.375. The Labute approximate surface area is 84.3 Å². The van der Waals surface area contributed by atoms with E-state index < -0.39 is 4.92 Å². The lowest BCUT2D eigenvalue weighted by atomic mass is 10.2. The molecule has 0 spiro atoms. The molecule has 0 atom stereocenters. The molecule has 0 aliphatic heterocycles. The topological polar surface area (TPSA) is 56.0 Å². The lowest BCUT2D eigenvalue weighted by Gasteiger charge is -1.99. The summed E-state index contributed by atoms with van der Waals surface area (Å²) in [6.45, 7) is 1.75. The molecule has 0 unspecified atom stereocenters. The first-order valence-corrected chi connectivity index (χ1v) is 4.93. The summed E-state index contributed by atoms with van der Waals surface area (Å²) in [4.78, 5) is 14.3. The lowest BCUT2D eigenvalue weighted by Crippen LogP contribution is -1.97. The molecule has 0 saturated heterocycles. The van der Waals surface area contributed by atoms with E-state index in [0.29, 0.717) is 12.1 Å². The van der Waals surface area contributed by atoms with Crippen molar-refractivity contribution < 1.29 is 4.92 Å². The Balaban J connectivity index is 3.03. The molecule has 1 aromatic rings. The number of rotatable bonds is 3. The number of halogens is 1. The molecule has 5 heteroatoms. The fourth-order valence-electron chi connectivity index (χ4n) is 1.05. The predicted octanol–water partition coefficient (Wildman–Crippen LogP) is 2.24. The first-order chi connectivity index (χ1) is 6.13. The lowest BCUT2D eigenvalue weighted by molar-refractivity contribution is -0.385. The summed E-state index contributed by atoms with van der Waals surface area (Å²) in [6.07, 6.45) is 0.711. The van der Waals surface area contributed by atoms with Gasteiger partial charge in [0.1, 0.15) is 0 Å². The molecule has 1 rings (SSSR count). The summed E-state index contributed by atoms with van der Waals surface area (Å²) in [6, 6.07) is 2.98. The SMILES string of the molecule is Cc1cc([N+](=O)[O-])cc(CCBr)n1. The predicted molar refractivity (Wildman–Crippen MR) is 53.1 cm³/mol. The minimum Gasteiger partial charge on any atom is -0.258 e. The van der Waals surface area contributed by atoms with Crippen LogP contribution in [0.3, 0.4) is 0 Å². The summed E-state index contributed by atoms with van der Waals surface area (Å²) in [5.74, 6) is 0. The number of aryl methyl sites for hydroxylation is 2. The van der Waals surface area contributed by atoms with Crippen LogP contribution in [-0.2, 0) is 6.42 Å². The molecule has 0 aliphatic carbocycles. The van der Waals surface area contributed by atoms with Crippen LogP contribution >= 0.6 is 15.9 Å². The van der Waals surface area contributed by atoms with E-state index in [1.807, 2.05) is 0 Å². The third kappa shape index (κ3) is 2.77. The van der Waals surface area contributed by atoms with Gasteiger partial charge in [-0.3, -0.25) is 15.1 Å². The average Bonchev–Trinajstić information content (AvgIpc) is 2.03. The highest BCUT2D eigenvalue weighted by Gasteiger charge is 2.08. The highest BCUT2D eigenvalue weighted by Crippen LogP contribution is 2.14. The van der Waals surface area contributed by atoms with Gasteiger partial charge in [-0.15, -0.1) is 0 Å². The van der Waals surface area contributed by atoms with Crippen LogP contribution in [0.25, 0.3) is 0 Å². The summed E-state index contributed by atoms with van der Waals surface area (Å²) >= 11 is 3.26. The number of pyridine rings is 1. The van der Waals surface area contributed by atoms with Crippen LogP contribution in [0.2, 0.25) is 0 Å². The zero-order valence-corrected chi connectivity index (χ0v) is 8.74. The molecule has 0 bridgehead atoms. The van der Waals surface area contributed by atoms with Crippen LogP contribution in [0.1, 0.15) is 11.4 Å². The number of nitro groups is 1. The Hall–Kier alpha value is -0.970. The monoisotopic (exact) mass is 244 g/mol. The van der Waals surface area contributed by atoms with E-state index in [1.54, 1.807) is 6.92 Å². The zero-order valence-electron chi connectivity index (χ0n) is 7.16. The van der Waals surface area contributed by atoms with Gasteiger partial charge in [0.2, 0.25) is 0 Å². The minimum atomic E-state index is -0.396. The average molecular weight is 245 g/mol. The second-order valence-electron chi connectivity index (χ2n) is 2.65. The molecule has 0 aliphatic rings. The van der Waals surface area contributed by atoms with Crippen LogP contribution < -0.4 is 0 Å². The molecule has 0 N–H and O–H groups in total. The highest BCUT2D eigenvalue weighted by atomic mass is 79.9.